The molecular formula is C51H77BF2N4O11. The maximum absolute atomic E-state index is 15.6. The quantitative estimate of drug-likeness (QED) is 0.0198. The largest absolute Gasteiger partial charge is 0.737 e. The predicted molar refractivity (Wildman–Crippen MR) is 261 cm³/mol. The van der Waals surface area contributed by atoms with Crippen molar-refractivity contribution in [2.75, 3.05) is 39.5 Å². The number of allylic oxidation sites excluding steroid dienone is 5. The molecule has 1 aromatic rings. The molecule has 1 saturated heterocycles. The number of aryl methyl sites for hydroxylation is 2. The number of esters is 1. The van der Waals surface area contributed by atoms with E-state index in [4.69, 9.17) is 23.7 Å². The predicted octanol–water partition coefficient (Wildman–Crippen LogP) is 6.61. The van der Waals surface area contributed by atoms with Crippen LogP contribution in [0.1, 0.15) is 116 Å². The van der Waals surface area contributed by atoms with E-state index < -0.39 is 42.9 Å². The first kappa shape index (κ1) is 55.5. The summed E-state index contributed by atoms with van der Waals surface area (Å²) in [6, 6.07) is 1.78. The van der Waals surface area contributed by atoms with Crippen LogP contribution in [0.3, 0.4) is 0 Å². The highest BCUT2D eigenvalue weighted by Gasteiger charge is 2.52. The maximum atomic E-state index is 15.6. The lowest BCUT2D eigenvalue weighted by Crippen LogP contribution is -2.50. The van der Waals surface area contributed by atoms with E-state index >= 15 is 8.63 Å². The van der Waals surface area contributed by atoms with Gasteiger partial charge in [0, 0.05) is 61.7 Å². The molecule has 1 aromatic heterocycles. The van der Waals surface area contributed by atoms with E-state index in [-0.39, 0.29) is 101 Å². The van der Waals surface area contributed by atoms with Gasteiger partial charge in [-0.2, -0.15) is 0 Å². The summed E-state index contributed by atoms with van der Waals surface area (Å²) >= 11 is 0. The Bertz CT molecular complexity index is 2120. The van der Waals surface area contributed by atoms with Crippen LogP contribution in [-0.4, -0.2) is 137 Å². The molecule has 0 aliphatic carbocycles. The smallest absolute Gasteiger partial charge is 0.457 e. The molecule has 0 aromatic carbocycles. The molecule has 0 spiro atoms. The van der Waals surface area contributed by atoms with Gasteiger partial charge >= 0.3 is 19.0 Å². The van der Waals surface area contributed by atoms with Gasteiger partial charge in [0.1, 0.15) is 17.4 Å². The van der Waals surface area contributed by atoms with Crippen molar-refractivity contribution in [2.24, 2.45) is 17.8 Å². The fraction of sp³-hybridized carbons (Fsp3) is 0.647. The molecule has 10 atom stereocenters. The number of cyclic esters (lactones) is 1. The topological polar surface area (TPSA) is 193 Å². The number of aliphatic hydroxyl groups is 3. The van der Waals surface area contributed by atoms with Crippen molar-refractivity contribution in [3.8, 4) is 0 Å². The Hall–Kier alpha value is -4.46. The molecule has 384 valence electrons. The lowest BCUT2D eigenvalue weighted by Gasteiger charge is -2.32. The molecule has 18 heteroatoms. The number of nitrogens with one attached hydrogen (secondary N) is 2. The van der Waals surface area contributed by atoms with Crippen LogP contribution in [0.4, 0.5) is 13.4 Å². The Morgan fingerprint density at radius 1 is 1.09 bits per heavy atom. The number of ether oxygens (including phenoxy) is 5. The number of aromatic nitrogens is 1. The van der Waals surface area contributed by atoms with Gasteiger partial charge in [0.2, 0.25) is 5.91 Å². The zero-order chi connectivity index (χ0) is 50.5. The van der Waals surface area contributed by atoms with Crippen molar-refractivity contribution in [2.45, 2.75) is 155 Å². The number of alkyl carbamates (subject to hydrolysis) is 1. The fourth-order valence-electron chi connectivity index (χ4n) is 9.33. The summed E-state index contributed by atoms with van der Waals surface area (Å²) < 4.78 is 62.1. The van der Waals surface area contributed by atoms with Crippen molar-refractivity contribution < 1.29 is 66.5 Å². The molecule has 1 fully saturated rings. The number of epoxide rings is 1. The van der Waals surface area contributed by atoms with Crippen molar-refractivity contribution in [3.63, 3.8) is 0 Å². The molecular weight excluding hydrogens is 893 g/mol. The van der Waals surface area contributed by atoms with Gasteiger partial charge in [-0.15, -0.1) is 0 Å². The number of amides is 2. The summed E-state index contributed by atoms with van der Waals surface area (Å²) in [5.41, 5.74) is 2.13. The molecule has 69 heavy (non-hydrogen) atoms. The number of carbonyl (C=O) groups excluding carboxylic acids is 3. The first-order valence-electron chi connectivity index (χ1n) is 24.8. The highest BCUT2D eigenvalue weighted by molar-refractivity contribution is 6.58. The van der Waals surface area contributed by atoms with Crippen molar-refractivity contribution in [3.05, 3.63) is 76.8 Å². The third-order valence-corrected chi connectivity index (χ3v) is 13.5. The van der Waals surface area contributed by atoms with Gasteiger partial charge in [0.25, 0.3) is 0 Å². The lowest BCUT2D eigenvalue weighted by atomic mass is 9.88. The molecule has 0 radical (unpaired) electrons. The molecule has 2 amide bonds. The second-order valence-electron chi connectivity index (χ2n) is 19.5. The standard InChI is InChI=1S/C51H77BF2N4O11/c1-9-43(60)38(7)49-44(67-49)29-33(2)13-12-14-34(3)48-35(4)17-20-45(51(8,64)22-21-41(59)32-47(62)69-48)68-50(63)56-24-26-66-28-27-65-25-23-55-46(61)16-11-10-15-39-18-19-40-31-42-36(5)30-37(6)57(42)52(53,54)58(39)40/h12-14,17-20,30-31,33,35,38,41,43-45,48-49,59-60,64H,9-11,15-16,21-29,32H2,1-8H3,(H,55,61)(H,56,63)/b13-12+,20-17-,34-14+. The molecule has 5 rings (SSSR count). The van der Waals surface area contributed by atoms with Crippen LogP contribution >= 0.6 is 0 Å². The van der Waals surface area contributed by atoms with Crippen molar-refractivity contribution >= 4 is 36.7 Å². The molecule has 4 aliphatic heterocycles. The van der Waals surface area contributed by atoms with Crippen LogP contribution in [0, 0.1) is 31.6 Å². The molecule has 0 saturated carbocycles. The number of carbonyl (C=O) groups is 3. The zero-order valence-corrected chi connectivity index (χ0v) is 41.8. The number of aliphatic hydroxyl groups excluding tert-OH is 2. The first-order chi connectivity index (χ1) is 32.7. The SMILES string of the molecule is CCC(O)C(C)C1OC1CC(C)/C=C/C=C(\C)C1OC(=O)CC(O)CCC(C)(O)C(OC(=O)NCCOCCOCCNC(=O)CCCCC2=[N+]3C(=Cc4c(C)cc(C)n4[B-]3(F)F)C=C2)/C=C\C1C. The number of nitrogens with zero attached hydrogens (tertiary/aromatic N) is 2. The van der Waals surface area contributed by atoms with Crippen LogP contribution in [0.15, 0.2) is 59.9 Å². The van der Waals surface area contributed by atoms with Gasteiger partial charge in [-0.25, -0.2) is 4.79 Å². The molecule has 0 bridgehead atoms. The summed E-state index contributed by atoms with van der Waals surface area (Å²) in [4.78, 5) is 38.2. The van der Waals surface area contributed by atoms with Crippen LogP contribution in [0.25, 0.3) is 6.08 Å². The fourth-order valence-corrected chi connectivity index (χ4v) is 9.33. The van der Waals surface area contributed by atoms with Gasteiger partial charge in [-0.3, -0.25) is 9.59 Å². The van der Waals surface area contributed by atoms with Gasteiger partial charge in [0.15, 0.2) is 11.8 Å². The lowest BCUT2D eigenvalue weighted by molar-refractivity contribution is -0.362. The average Bonchev–Trinajstić information content (AvgIpc) is 3.81. The molecule has 5 heterocycles. The monoisotopic (exact) mass is 971 g/mol. The van der Waals surface area contributed by atoms with Gasteiger partial charge < -0.3 is 67.2 Å². The van der Waals surface area contributed by atoms with Crippen LogP contribution in [0.5, 0.6) is 0 Å². The Balaban J connectivity index is 0.971. The van der Waals surface area contributed by atoms with E-state index in [1.54, 1.807) is 43.4 Å². The Morgan fingerprint density at radius 2 is 1.80 bits per heavy atom. The van der Waals surface area contributed by atoms with E-state index in [0.717, 1.165) is 26.5 Å². The summed E-state index contributed by atoms with van der Waals surface area (Å²) in [6.07, 6.45) is 13.9. The molecule has 4 aliphatic rings. The van der Waals surface area contributed by atoms with E-state index in [1.165, 1.54) is 6.92 Å². The minimum absolute atomic E-state index is 0.0404. The minimum Gasteiger partial charge on any atom is -0.457 e. The minimum atomic E-state index is -4.00. The Morgan fingerprint density at radius 3 is 2.51 bits per heavy atom. The third kappa shape index (κ3) is 15.8. The second kappa shape index (κ2) is 25.6. The van der Waals surface area contributed by atoms with Crippen LogP contribution in [0.2, 0.25) is 0 Å². The Labute approximate surface area is 406 Å². The zero-order valence-electron chi connectivity index (χ0n) is 41.8. The van der Waals surface area contributed by atoms with Gasteiger partial charge in [-0.05, 0) is 101 Å². The third-order valence-electron chi connectivity index (χ3n) is 13.5. The van der Waals surface area contributed by atoms with E-state index in [1.807, 2.05) is 46.8 Å². The van der Waals surface area contributed by atoms with E-state index in [0.29, 0.717) is 55.0 Å². The van der Waals surface area contributed by atoms with Crippen molar-refractivity contribution in [1.82, 2.24) is 15.1 Å². The molecule has 10 unspecified atom stereocenters. The van der Waals surface area contributed by atoms with Crippen LogP contribution in [-0.2, 0) is 33.3 Å². The van der Waals surface area contributed by atoms with Gasteiger partial charge in [-0.1, -0.05) is 52.0 Å². The average molecular weight is 971 g/mol. The molecule has 15 nitrogen and oxygen atoms in total. The van der Waals surface area contributed by atoms with Crippen molar-refractivity contribution in [1.29, 1.82) is 0 Å². The number of halogens is 2. The normalized spacial score (nSPS) is 27.6. The maximum Gasteiger partial charge on any atom is 0.737 e. The van der Waals surface area contributed by atoms with Gasteiger partial charge in [0.05, 0.1) is 57.3 Å². The highest BCUT2D eigenvalue weighted by atomic mass is 19.2. The number of unbranched alkanes of at least 4 members (excludes halogenated alkanes) is 1. The first-order valence-corrected chi connectivity index (χ1v) is 24.8. The number of rotatable bonds is 23. The highest BCUT2D eigenvalue weighted by Crippen LogP contribution is 2.37. The summed E-state index contributed by atoms with van der Waals surface area (Å²) in [5, 5.41) is 37.7. The summed E-state index contributed by atoms with van der Waals surface area (Å²) in [6.45, 7) is 12.2. The second-order valence-corrected chi connectivity index (χ2v) is 19.5. The van der Waals surface area contributed by atoms with E-state index in [9.17, 15) is 29.7 Å². The van der Waals surface area contributed by atoms with E-state index in [2.05, 4.69) is 23.6 Å². The number of fused-ring (bicyclic) bond motifs is 2. The Kier molecular flexibility index (Phi) is 20.6. The number of hydrogen-bond acceptors (Lipinski definition) is 11. The summed E-state index contributed by atoms with van der Waals surface area (Å²) in [7, 11) is 0. The molecule has 5 N–H and O–H groups in total. The summed E-state index contributed by atoms with van der Waals surface area (Å²) in [5.74, 6) is -0.801. The number of hydrogen-bond donors (Lipinski definition) is 5. The van der Waals surface area contributed by atoms with Crippen LogP contribution < -0.4 is 10.6 Å².